The zero-order valence-corrected chi connectivity index (χ0v) is 16.5. The third-order valence-electron chi connectivity index (χ3n) is 4.63. The van der Waals surface area contributed by atoms with Gasteiger partial charge in [0.15, 0.2) is 5.13 Å². The molecule has 4 rings (SSSR count). The van der Waals surface area contributed by atoms with Crippen LogP contribution in [0, 0.1) is 19.7 Å². The Bertz CT molecular complexity index is 1150. The summed E-state index contributed by atoms with van der Waals surface area (Å²) in [6.45, 7) is 4.30. The van der Waals surface area contributed by atoms with E-state index in [1.54, 1.807) is 11.0 Å². The van der Waals surface area contributed by atoms with Crippen LogP contribution in [0.4, 0.5) is 9.52 Å². The number of halogens is 1. The van der Waals surface area contributed by atoms with Crippen LogP contribution >= 0.6 is 11.3 Å². The molecule has 0 saturated carbocycles. The lowest BCUT2D eigenvalue weighted by molar-refractivity contribution is 0.0984. The van der Waals surface area contributed by atoms with E-state index in [4.69, 9.17) is 0 Å². The molecule has 0 aliphatic carbocycles. The number of hydrogen-bond donors (Lipinski definition) is 0. The van der Waals surface area contributed by atoms with Gasteiger partial charge in [0.2, 0.25) is 0 Å². The van der Waals surface area contributed by atoms with Crippen molar-refractivity contribution in [3.63, 3.8) is 0 Å². The van der Waals surface area contributed by atoms with Crippen LogP contribution in [0.1, 0.15) is 27.0 Å². The Morgan fingerprint density at radius 2 is 1.82 bits per heavy atom. The van der Waals surface area contributed by atoms with Crippen LogP contribution in [0.25, 0.3) is 10.2 Å². The molecule has 1 aromatic heterocycles. The molecule has 0 N–H and O–H groups in total. The Kier molecular flexibility index (Phi) is 4.92. The number of carbonyl (C=O) groups is 1. The maximum absolute atomic E-state index is 14.2. The van der Waals surface area contributed by atoms with Crippen molar-refractivity contribution >= 4 is 32.6 Å². The van der Waals surface area contributed by atoms with Gasteiger partial charge in [0.1, 0.15) is 11.3 Å². The highest BCUT2D eigenvalue weighted by molar-refractivity contribution is 7.22. The normalized spacial score (nSPS) is 11.0. The van der Waals surface area contributed by atoms with E-state index in [0.29, 0.717) is 22.8 Å². The average molecular weight is 390 g/mol. The first-order valence-electron chi connectivity index (χ1n) is 9.01. The maximum atomic E-state index is 14.2. The van der Waals surface area contributed by atoms with Crippen molar-refractivity contribution in [2.45, 2.75) is 20.4 Å². The van der Waals surface area contributed by atoms with Crippen molar-refractivity contribution in [3.8, 4) is 0 Å². The first kappa shape index (κ1) is 18.3. The van der Waals surface area contributed by atoms with Gasteiger partial charge in [-0.3, -0.25) is 9.69 Å². The number of rotatable bonds is 4. The molecular formula is C23H19FN2OS. The smallest absolute Gasteiger partial charge is 0.260 e. The van der Waals surface area contributed by atoms with Crippen molar-refractivity contribution in [3.05, 3.63) is 94.8 Å². The fourth-order valence-corrected chi connectivity index (χ4v) is 4.19. The number of aromatic nitrogens is 1. The summed E-state index contributed by atoms with van der Waals surface area (Å²) < 4.78 is 14.9. The molecule has 0 aliphatic heterocycles. The van der Waals surface area contributed by atoms with Crippen LogP contribution in [0.5, 0.6) is 0 Å². The van der Waals surface area contributed by atoms with Gasteiger partial charge in [0.05, 0.1) is 11.2 Å². The average Bonchev–Trinajstić information content (AvgIpc) is 3.12. The van der Waals surface area contributed by atoms with Crippen LogP contribution in [-0.2, 0) is 6.54 Å². The fourth-order valence-electron chi connectivity index (χ4n) is 3.21. The van der Waals surface area contributed by atoms with Crippen LogP contribution in [0.2, 0.25) is 0 Å². The molecule has 0 spiro atoms. The summed E-state index contributed by atoms with van der Waals surface area (Å²) in [4.78, 5) is 19.5. The highest BCUT2D eigenvalue weighted by Gasteiger charge is 2.23. The number of carbonyl (C=O) groups excluding carboxylic acids is 1. The largest absolute Gasteiger partial charge is 0.279 e. The van der Waals surface area contributed by atoms with E-state index in [1.165, 1.54) is 17.4 Å². The maximum Gasteiger partial charge on any atom is 0.260 e. The van der Waals surface area contributed by atoms with E-state index in [0.717, 1.165) is 21.4 Å². The molecule has 1 heterocycles. The van der Waals surface area contributed by atoms with Gasteiger partial charge in [0, 0.05) is 5.56 Å². The van der Waals surface area contributed by atoms with Crippen molar-refractivity contribution < 1.29 is 9.18 Å². The van der Waals surface area contributed by atoms with E-state index >= 15 is 0 Å². The summed E-state index contributed by atoms with van der Waals surface area (Å²) in [5, 5.41) is 0.494. The molecule has 5 heteroatoms. The predicted octanol–water partition coefficient (Wildman–Crippen LogP) is 5.90. The van der Waals surface area contributed by atoms with Gasteiger partial charge in [-0.05, 0) is 43.2 Å². The van der Waals surface area contributed by atoms with Crippen LogP contribution in [-0.4, -0.2) is 10.9 Å². The number of anilines is 1. The minimum absolute atomic E-state index is 0.138. The van der Waals surface area contributed by atoms with E-state index in [2.05, 4.69) is 4.98 Å². The van der Waals surface area contributed by atoms with Gasteiger partial charge < -0.3 is 0 Å². The van der Waals surface area contributed by atoms with Gasteiger partial charge in [-0.25, -0.2) is 9.37 Å². The zero-order valence-electron chi connectivity index (χ0n) is 15.6. The second-order valence-corrected chi connectivity index (χ2v) is 7.79. The third kappa shape index (κ3) is 3.53. The molecule has 3 aromatic carbocycles. The summed E-state index contributed by atoms with van der Waals surface area (Å²) in [6.07, 6.45) is 0. The number of hydrogen-bond acceptors (Lipinski definition) is 3. The molecule has 28 heavy (non-hydrogen) atoms. The van der Waals surface area contributed by atoms with E-state index in [9.17, 15) is 9.18 Å². The molecule has 0 fully saturated rings. The van der Waals surface area contributed by atoms with Gasteiger partial charge >= 0.3 is 0 Å². The summed E-state index contributed by atoms with van der Waals surface area (Å²) >= 11 is 1.32. The lowest BCUT2D eigenvalue weighted by Gasteiger charge is -2.21. The van der Waals surface area contributed by atoms with E-state index < -0.39 is 0 Å². The number of nitrogens with zero attached hydrogens (tertiary/aromatic N) is 2. The highest BCUT2D eigenvalue weighted by atomic mass is 32.1. The zero-order chi connectivity index (χ0) is 19.7. The van der Waals surface area contributed by atoms with Crippen molar-refractivity contribution in [2.24, 2.45) is 0 Å². The Balaban J connectivity index is 1.80. The number of aryl methyl sites for hydroxylation is 2. The van der Waals surface area contributed by atoms with Gasteiger partial charge in [-0.15, -0.1) is 0 Å². The molecule has 0 saturated heterocycles. The van der Waals surface area contributed by atoms with Crippen LogP contribution < -0.4 is 4.90 Å². The summed E-state index contributed by atoms with van der Waals surface area (Å²) in [5.41, 5.74) is 3.93. The van der Waals surface area contributed by atoms with Crippen LogP contribution in [0.3, 0.4) is 0 Å². The summed E-state index contributed by atoms with van der Waals surface area (Å²) in [7, 11) is 0. The first-order chi connectivity index (χ1) is 13.5. The van der Waals surface area contributed by atoms with E-state index in [-0.39, 0.29) is 11.7 Å². The van der Waals surface area contributed by atoms with Gasteiger partial charge in [-0.1, -0.05) is 65.4 Å². The molecule has 140 valence electrons. The van der Waals surface area contributed by atoms with Crippen molar-refractivity contribution in [2.75, 3.05) is 4.90 Å². The quantitative estimate of drug-likeness (QED) is 0.435. The molecule has 0 unspecified atom stereocenters. The summed E-state index contributed by atoms with van der Waals surface area (Å²) in [6, 6.07) is 20.4. The minimum Gasteiger partial charge on any atom is -0.279 e. The van der Waals surface area contributed by atoms with Gasteiger partial charge in [0.25, 0.3) is 5.91 Å². The number of thiazole rings is 1. The Morgan fingerprint density at radius 1 is 1.04 bits per heavy atom. The number of para-hydroxylation sites is 1. The molecule has 3 nitrogen and oxygen atoms in total. The number of amides is 1. The molecule has 0 radical (unpaired) electrons. The third-order valence-corrected chi connectivity index (χ3v) is 5.67. The second-order valence-electron chi connectivity index (χ2n) is 6.78. The lowest BCUT2D eigenvalue weighted by Crippen LogP contribution is -2.31. The molecule has 0 atom stereocenters. The van der Waals surface area contributed by atoms with E-state index in [1.807, 2.05) is 68.4 Å². The molecular weight excluding hydrogens is 371 g/mol. The standard InChI is InChI=1S/C23H19FN2OS/c1-15-11-12-18(16(2)13-15)22(27)26(14-17-7-4-3-5-8-17)23-25-21-19(24)9-6-10-20(21)28-23/h3-13H,14H2,1-2H3. The minimum atomic E-state index is -0.376. The Hall–Kier alpha value is -3.05. The monoisotopic (exact) mass is 390 g/mol. The van der Waals surface area contributed by atoms with Crippen molar-refractivity contribution in [1.29, 1.82) is 0 Å². The number of fused-ring (bicyclic) bond motifs is 1. The predicted molar refractivity (Wildman–Crippen MR) is 112 cm³/mol. The first-order valence-corrected chi connectivity index (χ1v) is 9.82. The fraction of sp³-hybridized carbons (Fsp3) is 0.130. The topological polar surface area (TPSA) is 33.2 Å². The molecule has 4 aromatic rings. The van der Waals surface area contributed by atoms with Crippen molar-refractivity contribution in [1.82, 2.24) is 4.98 Å². The Labute approximate surface area is 167 Å². The van der Waals surface area contributed by atoms with Crippen LogP contribution in [0.15, 0.2) is 66.7 Å². The summed E-state index contributed by atoms with van der Waals surface area (Å²) in [5.74, 6) is -0.514. The number of benzene rings is 3. The van der Waals surface area contributed by atoms with Gasteiger partial charge in [-0.2, -0.15) is 0 Å². The highest BCUT2D eigenvalue weighted by Crippen LogP contribution is 2.32. The second kappa shape index (κ2) is 7.52. The SMILES string of the molecule is Cc1ccc(C(=O)N(Cc2ccccc2)c2nc3c(F)cccc3s2)c(C)c1. The molecule has 0 bridgehead atoms. The lowest BCUT2D eigenvalue weighted by atomic mass is 10.0. The Morgan fingerprint density at radius 3 is 2.54 bits per heavy atom. The molecule has 1 amide bonds. The molecule has 0 aliphatic rings.